The quantitative estimate of drug-likeness (QED) is 0.868. The molecule has 0 aliphatic carbocycles. The van der Waals surface area contributed by atoms with Crippen molar-refractivity contribution >= 4 is 5.82 Å². The van der Waals surface area contributed by atoms with E-state index in [0.29, 0.717) is 23.1 Å². The van der Waals surface area contributed by atoms with Crippen LogP contribution in [0.2, 0.25) is 0 Å². The number of rotatable bonds is 2. The van der Waals surface area contributed by atoms with Crippen molar-refractivity contribution in [3.8, 4) is 28.4 Å². The first-order valence-corrected chi connectivity index (χ1v) is 5.46. The summed E-state index contributed by atoms with van der Waals surface area (Å²) in [4.78, 5) is 0. The number of aromatic nitrogens is 2. The SMILES string of the molecule is COc1cc2c(c(-c3cnn(C)c3N)c1)OCO2. The first-order chi connectivity index (χ1) is 8.70. The minimum atomic E-state index is 0.204. The number of fused-ring (bicyclic) bond motifs is 1. The van der Waals surface area contributed by atoms with Gasteiger partial charge in [0.1, 0.15) is 11.6 Å². The number of hydrogen-bond donors (Lipinski definition) is 1. The molecule has 6 nitrogen and oxygen atoms in total. The molecule has 0 bridgehead atoms. The molecule has 0 fully saturated rings. The van der Waals surface area contributed by atoms with Crippen molar-refractivity contribution in [2.45, 2.75) is 0 Å². The summed E-state index contributed by atoms with van der Waals surface area (Å²) in [6, 6.07) is 3.65. The highest BCUT2D eigenvalue weighted by molar-refractivity contribution is 5.82. The highest BCUT2D eigenvalue weighted by Gasteiger charge is 2.23. The molecule has 6 heteroatoms. The van der Waals surface area contributed by atoms with Gasteiger partial charge in [0.15, 0.2) is 11.5 Å². The lowest BCUT2D eigenvalue weighted by Crippen LogP contribution is -1.98. The monoisotopic (exact) mass is 247 g/mol. The van der Waals surface area contributed by atoms with Gasteiger partial charge in [0.2, 0.25) is 6.79 Å². The Hall–Kier alpha value is -2.37. The predicted molar refractivity (Wildman–Crippen MR) is 65.7 cm³/mol. The summed E-state index contributed by atoms with van der Waals surface area (Å²) in [6.45, 7) is 0.204. The molecule has 1 aliphatic rings. The van der Waals surface area contributed by atoms with Crippen LogP contribution in [0.25, 0.3) is 11.1 Å². The van der Waals surface area contributed by atoms with Gasteiger partial charge in [-0.15, -0.1) is 0 Å². The maximum atomic E-state index is 5.98. The smallest absolute Gasteiger partial charge is 0.231 e. The molecule has 2 heterocycles. The molecule has 1 aliphatic heterocycles. The molecule has 0 atom stereocenters. The first kappa shape index (κ1) is 10.8. The fourth-order valence-electron chi connectivity index (χ4n) is 1.96. The lowest BCUT2D eigenvalue weighted by molar-refractivity contribution is 0.174. The van der Waals surface area contributed by atoms with Gasteiger partial charge in [-0.05, 0) is 6.07 Å². The molecule has 94 valence electrons. The summed E-state index contributed by atoms with van der Waals surface area (Å²) in [5.41, 5.74) is 7.61. The first-order valence-electron chi connectivity index (χ1n) is 5.46. The number of nitrogens with zero attached hydrogens (tertiary/aromatic N) is 2. The highest BCUT2D eigenvalue weighted by Crippen LogP contribution is 2.45. The summed E-state index contributed by atoms with van der Waals surface area (Å²) in [5.74, 6) is 2.60. The molecular formula is C12H13N3O3. The van der Waals surface area contributed by atoms with Crippen molar-refractivity contribution in [1.29, 1.82) is 0 Å². The molecule has 0 radical (unpaired) electrons. The third kappa shape index (κ3) is 1.46. The normalized spacial score (nSPS) is 12.8. The number of nitrogen functional groups attached to an aromatic ring is 1. The van der Waals surface area contributed by atoms with Crippen LogP contribution in [0.1, 0.15) is 0 Å². The molecule has 0 amide bonds. The van der Waals surface area contributed by atoms with Gasteiger partial charge >= 0.3 is 0 Å². The van der Waals surface area contributed by atoms with Crippen LogP contribution < -0.4 is 19.9 Å². The summed E-state index contributed by atoms with van der Waals surface area (Å²) in [7, 11) is 3.39. The third-order valence-electron chi connectivity index (χ3n) is 2.96. The van der Waals surface area contributed by atoms with E-state index in [9.17, 15) is 0 Å². The molecule has 2 aromatic rings. The maximum absolute atomic E-state index is 5.98. The lowest BCUT2D eigenvalue weighted by atomic mass is 10.1. The number of nitrogens with two attached hydrogens (primary N) is 1. The minimum Gasteiger partial charge on any atom is -0.497 e. The van der Waals surface area contributed by atoms with Gasteiger partial charge in [-0.2, -0.15) is 5.10 Å². The molecule has 1 aromatic heterocycles. The van der Waals surface area contributed by atoms with Crippen LogP contribution >= 0.6 is 0 Å². The Morgan fingerprint density at radius 2 is 2.17 bits per heavy atom. The van der Waals surface area contributed by atoms with E-state index < -0.39 is 0 Å². The van der Waals surface area contributed by atoms with Gasteiger partial charge in [0.05, 0.1) is 13.3 Å². The minimum absolute atomic E-state index is 0.204. The topological polar surface area (TPSA) is 71.5 Å². The van der Waals surface area contributed by atoms with Crippen molar-refractivity contribution in [3.63, 3.8) is 0 Å². The second-order valence-electron chi connectivity index (χ2n) is 3.98. The van der Waals surface area contributed by atoms with Gasteiger partial charge in [-0.25, -0.2) is 0 Å². The third-order valence-corrected chi connectivity index (χ3v) is 2.96. The van der Waals surface area contributed by atoms with Gasteiger partial charge in [0.25, 0.3) is 0 Å². The maximum Gasteiger partial charge on any atom is 0.231 e. The fraction of sp³-hybridized carbons (Fsp3) is 0.250. The number of ether oxygens (including phenoxy) is 3. The molecule has 3 rings (SSSR count). The van der Waals surface area contributed by atoms with Crippen molar-refractivity contribution in [3.05, 3.63) is 18.3 Å². The Labute approximate surface area is 104 Å². The van der Waals surface area contributed by atoms with Gasteiger partial charge < -0.3 is 19.9 Å². The van der Waals surface area contributed by atoms with Crippen LogP contribution in [0.4, 0.5) is 5.82 Å². The van der Waals surface area contributed by atoms with Gasteiger partial charge in [-0.3, -0.25) is 4.68 Å². The molecular weight excluding hydrogens is 234 g/mol. The standard InChI is InChI=1S/C12H13N3O3/c1-15-12(13)9(5-14-15)8-3-7(16-2)4-10-11(8)18-6-17-10/h3-5H,6,13H2,1-2H3. The van der Waals surface area contributed by atoms with E-state index in [0.717, 1.165) is 11.1 Å². The van der Waals surface area contributed by atoms with E-state index in [1.807, 2.05) is 6.07 Å². The van der Waals surface area contributed by atoms with E-state index in [1.165, 1.54) is 0 Å². The molecule has 0 spiro atoms. The lowest BCUT2D eigenvalue weighted by Gasteiger charge is -2.08. The van der Waals surface area contributed by atoms with Crippen LogP contribution in [0, 0.1) is 0 Å². The van der Waals surface area contributed by atoms with Crippen LogP contribution in [0.5, 0.6) is 17.2 Å². The van der Waals surface area contributed by atoms with E-state index in [-0.39, 0.29) is 6.79 Å². The zero-order chi connectivity index (χ0) is 12.7. The Morgan fingerprint density at radius 1 is 1.33 bits per heavy atom. The van der Waals surface area contributed by atoms with E-state index in [4.69, 9.17) is 19.9 Å². The second kappa shape index (κ2) is 3.83. The molecule has 2 N–H and O–H groups in total. The molecule has 18 heavy (non-hydrogen) atoms. The van der Waals surface area contributed by atoms with Crippen molar-refractivity contribution in [2.24, 2.45) is 7.05 Å². The Kier molecular flexibility index (Phi) is 2.29. The summed E-state index contributed by atoms with van der Waals surface area (Å²) in [5, 5.41) is 4.13. The summed E-state index contributed by atoms with van der Waals surface area (Å²) in [6.07, 6.45) is 1.70. The largest absolute Gasteiger partial charge is 0.497 e. The zero-order valence-electron chi connectivity index (χ0n) is 10.1. The highest BCUT2D eigenvalue weighted by atomic mass is 16.7. The van der Waals surface area contributed by atoms with E-state index >= 15 is 0 Å². The van der Waals surface area contributed by atoms with Crippen LogP contribution in [-0.2, 0) is 7.05 Å². The number of methoxy groups -OCH3 is 1. The van der Waals surface area contributed by atoms with Gasteiger partial charge in [0, 0.05) is 24.2 Å². The molecule has 0 saturated carbocycles. The second-order valence-corrected chi connectivity index (χ2v) is 3.98. The summed E-state index contributed by atoms with van der Waals surface area (Å²) >= 11 is 0. The van der Waals surface area contributed by atoms with E-state index in [2.05, 4.69) is 5.10 Å². The summed E-state index contributed by atoms with van der Waals surface area (Å²) < 4.78 is 17.7. The number of aryl methyl sites for hydroxylation is 1. The van der Waals surface area contributed by atoms with Crippen molar-refractivity contribution in [2.75, 3.05) is 19.6 Å². The number of hydrogen-bond acceptors (Lipinski definition) is 5. The average molecular weight is 247 g/mol. The number of benzene rings is 1. The Balaban J connectivity index is 2.22. The van der Waals surface area contributed by atoms with E-state index in [1.54, 1.807) is 31.1 Å². The van der Waals surface area contributed by atoms with Crippen LogP contribution in [0.15, 0.2) is 18.3 Å². The van der Waals surface area contributed by atoms with Crippen LogP contribution in [-0.4, -0.2) is 23.7 Å². The van der Waals surface area contributed by atoms with Crippen molar-refractivity contribution in [1.82, 2.24) is 9.78 Å². The molecule has 0 saturated heterocycles. The molecule has 1 aromatic carbocycles. The van der Waals surface area contributed by atoms with Crippen molar-refractivity contribution < 1.29 is 14.2 Å². The number of anilines is 1. The Morgan fingerprint density at radius 3 is 2.83 bits per heavy atom. The van der Waals surface area contributed by atoms with Gasteiger partial charge in [-0.1, -0.05) is 0 Å². The van der Waals surface area contributed by atoms with Crippen LogP contribution in [0.3, 0.4) is 0 Å². The molecule has 0 unspecified atom stereocenters. The zero-order valence-corrected chi connectivity index (χ0v) is 10.1. The predicted octanol–water partition coefficient (Wildman–Crippen LogP) is 1.41. The Bertz CT molecular complexity index is 607. The average Bonchev–Trinajstić information content (AvgIpc) is 2.97. The fourth-order valence-corrected chi connectivity index (χ4v) is 1.96.